The molecule has 2 aromatic carbocycles. The maximum Gasteiger partial charge on any atom is 0.321 e. The van der Waals surface area contributed by atoms with Crippen molar-refractivity contribution >= 4 is 38.9 Å². The first-order chi connectivity index (χ1) is 13.2. The predicted octanol–water partition coefficient (Wildman–Crippen LogP) is 4.00. The molecule has 7 nitrogen and oxygen atoms in total. The van der Waals surface area contributed by atoms with E-state index in [1.54, 1.807) is 6.21 Å². The number of ether oxygens (including phenoxy) is 1. The number of carbonyl (C=O) groups excluding carboxylic acids is 1. The molecule has 2 amide bonds. The minimum Gasteiger partial charge on any atom is -0.489 e. The fourth-order valence-corrected chi connectivity index (χ4v) is 3.34. The second kappa shape index (κ2) is 9.00. The Morgan fingerprint density at radius 3 is 2.85 bits per heavy atom. The van der Waals surface area contributed by atoms with Gasteiger partial charge in [0.15, 0.2) is 5.13 Å². The number of rotatable bonds is 7. The Hall–Kier alpha value is -3.13. The third kappa shape index (κ3) is 4.95. The molecule has 140 valence electrons. The van der Waals surface area contributed by atoms with E-state index in [4.69, 9.17) is 9.57 Å². The number of nitrogens with one attached hydrogen (secondary N) is 2. The first-order valence-electron chi connectivity index (χ1n) is 8.42. The zero-order valence-corrected chi connectivity index (χ0v) is 15.9. The van der Waals surface area contributed by atoms with E-state index in [0.717, 1.165) is 21.3 Å². The number of benzene rings is 2. The zero-order valence-electron chi connectivity index (χ0n) is 15.1. The van der Waals surface area contributed by atoms with Gasteiger partial charge in [0.1, 0.15) is 19.5 Å². The van der Waals surface area contributed by atoms with E-state index in [2.05, 4.69) is 20.8 Å². The van der Waals surface area contributed by atoms with E-state index >= 15 is 0 Å². The first kappa shape index (κ1) is 18.7. The Morgan fingerprint density at radius 2 is 2.11 bits per heavy atom. The molecule has 8 heteroatoms. The Bertz CT molecular complexity index is 941. The minimum atomic E-state index is -0.288. The molecule has 0 spiro atoms. The fourth-order valence-electron chi connectivity index (χ4n) is 2.42. The van der Waals surface area contributed by atoms with Crippen LogP contribution in [-0.4, -0.2) is 30.9 Å². The second-order valence-electron chi connectivity index (χ2n) is 5.56. The molecule has 1 heterocycles. The number of carbonyl (C=O) groups is 1. The van der Waals surface area contributed by atoms with Gasteiger partial charge < -0.3 is 14.9 Å². The van der Waals surface area contributed by atoms with E-state index < -0.39 is 0 Å². The van der Waals surface area contributed by atoms with Crippen molar-refractivity contribution in [3.8, 4) is 5.75 Å². The van der Waals surface area contributed by atoms with Crippen LogP contribution in [0.2, 0.25) is 0 Å². The summed E-state index contributed by atoms with van der Waals surface area (Å²) in [4.78, 5) is 21.0. The topological polar surface area (TPSA) is 84.8 Å². The van der Waals surface area contributed by atoms with Crippen LogP contribution in [0.5, 0.6) is 5.75 Å². The average molecular weight is 384 g/mol. The Kier molecular flexibility index (Phi) is 6.22. The van der Waals surface area contributed by atoms with Crippen LogP contribution in [-0.2, 0) is 11.4 Å². The van der Waals surface area contributed by atoms with Gasteiger partial charge in [-0.05, 0) is 18.6 Å². The molecule has 27 heavy (non-hydrogen) atoms. The number of urea groups is 1. The molecule has 0 unspecified atom stereocenters. The molecule has 0 aliphatic heterocycles. The number of amides is 2. The molecule has 0 aliphatic rings. The van der Waals surface area contributed by atoms with E-state index in [1.165, 1.54) is 18.4 Å². The van der Waals surface area contributed by atoms with E-state index in [-0.39, 0.29) is 6.03 Å². The lowest BCUT2D eigenvalue weighted by Gasteiger charge is -2.07. The normalized spacial score (nSPS) is 10.9. The van der Waals surface area contributed by atoms with Gasteiger partial charge in [0.05, 0.1) is 16.4 Å². The van der Waals surface area contributed by atoms with E-state index in [1.807, 2.05) is 49.4 Å². The van der Waals surface area contributed by atoms with Crippen LogP contribution in [0.15, 0.2) is 47.6 Å². The number of oxime groups is 1. The Morgan fingerprint density at radius 1 is 1.30 bits per heavy atom. The molecule has 1 aromatic heterocycles. The molecule has 2 N–H and O–H groups in total. The van der Waals surface area contributed by atoms with Gasteiger partial charge in [-0.3, -0.25) is 5.32 Å². The summed E-state index contributed by atoms with van der Waals surface area (Å²) in [6.07, 6.45) is 1.60. The van der Waals surface area contributed by atoms with Crippen molar-refractivity contribution in [2.24, 2.45) is 5.16 Å². The highest BCUT2D eigenvalue weighted by Gasteiger charge is 2.12. The molecule has 0 aliphatic carbocycles. The highest BCUT2D eigenvalue weighted by Crippen LogP contribution is 2.32. The molecule has 0 bridgehead atoms. The first-order valence-corrected chi connectivity index (χ1v) is 9.24. The molecule has 0 radical (unpaired) electrons. The third-order valence-corrected chi connectivity index (χ3v) is 4.63. The quantitative estimate of drug-likeness (QED) is 0.476. The van der Waals surface area contributed by atoms with E-state index in [0.29, 0.717) is 24.0 Å². The number of nitrogens with zero attached hydrogens (tertiary/aromatic N) is 2. The molecule has 0 saturated carbocycles. The number of fused-ring (bicyclic) bond motifs is 1. The summed E-state index contributed by atoms with van der Waals surface area (Å²) < 4.78 is 6.80. The summed E-state index contributed by atoms with van der Waals surface area (Å²) in [6, 6.07) is 13.4. The van der Waals surface area contributed by atoms with Crippen molar-refractivity contribution in [3.05, 3.63) is 53.6 Å². The van der Waals surface area contributed by atoms with E-state index in [9.17, 15) is 4.79 Å². The number of anilines is 1. The smallest absolute Gasteiger partial charge is 0.321 e. The summed E-state index contributed by atoms with van der Waals surface area (Å²) in [5.74, 6) is 0.666. The molecule has 0 atom stereocenters. The Labute approximate surface area is 161 Å². The van der Waals surface area contributed by atoms with Gasteiger partial charge in [0, 0.05) is 18.2 Å². The van der Waals surface area contributed by atoms with Crippen molar-refractivity contribution in [1.82, 2.24) is 10.3 Å². The fraction of sp³-hybridized carbons (Fsp3) is 0.211. The molecule has 0 saturated heterocycles. The largest absolute Gasteiger partial charge is 0.489 e. The van der Waals surface area contributed by atoms with Gasteiger partial charge in [-0.1, -0.05) is 46.8 Å². The monoisotopic (exact) mass is 384 g/mol. The van der Waals surface area contributed by atoms with Crippen molar-refractivity contribution in [1.29, 1.82) is 0 Å². The molecular formula is C19H20N4O3S. The molecule has 0 fully saturated rings. The lowest BCUT2D eigenvalue weighted by Crippen LogP contribution is -2.28. The predicted molar refractivity (Wildman–Crippen MR) is 108 cm³/mol. The number of thiazole rings is 1. The van der Waals surface area contributed by atoms with Crippen molar-refractivity contribution < 1.29 is 14.4 Å². The number of hydrogen-bond donors (Lipinski definition) is 2. The molecular weight excluding hydrogens is 364 g/mol. The van der Waals surface area contributed by atoms with Gasteiger partial charge in [0.25, 0.3) is 0 Å². The van der Waals surface area contributed by atoms with Crippen LogP contribution >= 0.6 is 11.3 Å². The van der Waals surface area contributed by atoms with Gasteiger partial charge in [-0.25, -0.2) is 9.78 Å². The summed E-state index contributed by atoms with van der Waals surface area (Å²) in [5.41, 5.74) is 2.59. The standard InChI is InChI=1S/C19H20N4O3S/c1-3-20-18(24)23-19-22-16-10-15(26-12-13-7-5-4-6-8-13)9-14(11-21-25-2)17(16)27-19/h4-11H,3,12H2,1-2H3,(H2,20,22,23,24). The highest BCUT2D eigenvalue weighted by molar-refractivity contribution is 7.22. The summed E-state index contributed by atoms with van der Waals surface area (Å²) >= 11 is 1.37. The van der Waals surface area contributed by atoms with Gasteiger partial charge in [-0.2, -0.15) is 0 Å². The van der Waals surface area contributed by atoms with Gasteiger partial charge >= 0.3 is 6.03 Å². The SMILES string of the molecule is CCNC(=O)Nc1nc2cc(OCc3ccccc3)cc(C=NOC)c2s1. The van der Waals surface area contributed by atoms with Crippen LogP contribution in [0.4, 0.5) is 9.93 Å². The maximum absolute atomic E-state index is 11.7. The van der Waals surface area contributed by atoms with Gasteiger partial charge in [-0.15, -0.1) is 0 Å². The van der Waals surface area contributed by atoms with Crippen LogP contribution in [0, 0.1) is 0 Å². The summed E-state index contributed by atoms with van der Waals surface area (Å²) in [7, 11) is 1.48. The molecule has 3 rings (SSSR count). The van der Waals surface area contributed by atoms with Crippen molar-refractivity contribution in [3.63, 3.8) is 0 Å². The highest BCUT2D eigenvalue weighted by atomic mass is 32.1. The van der Waals surface area contributed by atoms with Crippen LogP contribution in [0.25, 0.3) is 10.2 Å². The average Bonchev–Trinajstić information content (AvgIpc) is 3.07. The summed E-state index contributed by atoms with van der Waals surface area (Å²) in [6.45, 7) is 2.84. The second-order valence-corrected chi connectivity index (χ2v) is 6.55. The summed E-state index contributed by atoms with van der Waals surface area (Å²) in [5, 5.41) is 9.77. The lowest BCUT2D eigenvalue weighted by atomic mass is 10.2. The molecule has 3 aromatic rings. The maximum atomic E-state index is 11.7. The third-order valence-electron chi connectivity index (χ3n) is 3.60. The van der Waals surface area contributed by atoms with Crippen molar-refractivity contribution in [2.45, 2.75) is 13.5 Å². The van der Waals surface area contributed by atoms with Crippen LogP contribution in [0.3, 0.4) is 0 Å². The van der Waals surface area contributed by atoms with Crippen LogP contribution < -0.4 is 15.4 Å². The Balaban J connectivity index is 1.88. The number of aromatic nitrogens is 1. The van der Waals surface area contributed by atoms with Gasteiger partial charge in [0.2, 0.25) is 0 Å². The van der Waals surface area contributed by atoms with Crippen molar-refractivity contribution in [2.75, 3.05) is 19.0 Å². The minimum absolute atomic E-state index is 0.288. The lowest BCUT2D eigenvalue weighted by molar-refractivity contribution is 0.215. The zero-order chi connectivity index (χ0) is 19.1. The van der Waals surface area contributed by atoms with Crippen LogP contribution in [0.1, 0.15) is 18.1 Å². The number of hydrogen-bond acceptors (Lipinski definition) is 6.